The fourth-order valence-electron chi connectivity index (χ4n) is 6.07. The molecule has 1 aliphatic heterocycles. The fourth-order valence-corrected chi connectivity index (χ4v) is 6.07. The number of urea groups is 1. The number of para-hydroxylation sites is 1. The van der Waals surface area contributed by atoms with Crippen LogP contribution in [0.2, 0.25) is 0 Å². The van der Waals surface area contributed by atoms with Gasteiger partial charge in [0.25, 0.3) is 0 Å². The summed E-state index contributed by atoms with van der Waals surface area (Å²) in [5.41, 5.74) is 9.72. The lowest BCUT2D eigenvalue weighted by atomic mass is 10.1. The number of rotatable bonds is 16. The number of likely N-dealkylation sites (tertiary alicyclic amines) is 1. The summed E-state index contributed by atoms with van der Waals surface area (Å²) in [5, 5.41) is 13.1. The molecule has 0 unspecified atom stereocenters. The number of nitrogens with one attached hydrogen (secondary N) is 1. The maximum absolute atomic E-state index is 13.5. The molecular weight excluding hydrogens is 586 g/mol. The zero-order valence-corrected chi connectivity index (χ0v) is 26.6. The van der Waals surface area contributed by atoms with Crippen molar-refractivity contribution in [3.05, 3.63) is 59.9 Å². The molecule has 1 saturated heterocycles. The number of carboxylic acid groups (broad SMARTS) is 1. The number of benzene rings is 2. The Kier molecular flexibility index (Phi) is 11.6. The molecule has 4 N–H and O–H groups in total. The number of anilines is 1. The van der Waals surface area contributed by atoms with Crippen LogP contribution >= 0.6 is 0 Å². The molecule has 0 radical (unpaired) electrons. The molecule has 0 saturated carbocycles. The van der Waals surface area contributed by atoms with Gasteiger partial charge in [-0.15, -0.1) is 0 Å². The van der Waals surface area contributed by atoms with E-state index < -0.39 is 12.6 Å². The van der Waals surface area contributed by atoms with Crippen molar-refractivity contribution >= 4 is 39.8 Å². The molecule has 5 rings (SSSR count). The van der Waals surface area contributed by atoms with E-state index in [9.17, 15) is 9.59 Å². The van der Waals surface area contributed by atoms with Gasteiger partial charge in [0.15, 0.2) is 12.4 Å². The van der Waals surface area contributed by atoms with Crippen LogP contribution in [0.5, 0.6) is 5.75 Å². The molecule has 0 aliphatic carbocycles. The van der Waals surface area contributed by atoms with Crippen LogP contribution in [-0.2, 0) is 29.0 Å². The standard InChI is InChI=1S/C34H45N7O5/c1-45-21-14-29-38-31-32(27-12-3-4-13-28(27)37-33(31)35)41(29)19-8-7-18-40(34(44)36-15-20-39-16-5-2-6-17-39)23-25-10-9-11-26(22-25)46-24-30(42)43/h3-4,9-13,22H,2,5-8,14-21,23-24H2,1H3,(H2,35,37)(H,36,44)(H,42,43). The predicted octanol–water partition coefficient (Wildman–Crippen LogP) is 4.30. The highest BCUT2D eigenvalue weighted by Gasteiger charge is 2.19. The first kappa shape index (κ1) is 33.0. The van der Waals surface area contributed by atoms with E-state index >= 15 is 0 Å². The summed E-state index contributed by atoms with van der Waals surface area (Å²) in [6, 6.07) is 15.1. The summed E-state index contributed by atoms with van der Waals surface area (Å²) >= 11 is 0. The monoisotopic (exact) mass is 631 g/mol. The van der Waals surface area contributed by atoms with Gasteiger partial charge in [-0.2, -0.15) is 0 Å². The number of hydrogen-bond acceptors (Lipinski definition) is 8. The fraction of sp³-hybridized carbons (Fsp3) is 0.471. The average molecular weight is 632 g/mol. The first-order chi connectivity index (χ1) is 22.4. The van der Waals surface area contributed by atoms with Crippen LogP contribution in [0, 0.1) is 0 Å². The Labute approximate surface area is 269 Å². The van der Waals surface area contributed by atoms with E-state index in [1.54, 1.807) is 19.2 Å². The Morgan fingerprint density at radius 1 is 1.04 bits per heavy atom. The third-order valence-corrected chi connectivity index (χ3v) is 8.35. The molecule has 246 valence electrons. The Morgan fingerprint density at radius 2 is 1.87 bits per heavy atom. The normalized spacial score (nSPS) is 13.7. The lowest BCUT2D eigenvalue weighted by Crippen LogP contribution is -2.44. The van der Waals surface area contributed by atoms with Crippen LogP contribution < -0.4 is 15.8 Å². The minimum atomic E-state index is -1.04. The molecule has 0 atom stereocenters. The number of carbonyl (C=O) groups is 2. The molecule has 2 aromatic heterocycles. The zero-order valence-electron chi connectivity index (χ0n) is 26.6. The first-order valence-corrected chi connectivity index (χ1v) is 16.1. The number of pyridine rings is 1. The molecular formula is C34H45N7O5. The summed E-state index contributed by atoms with van der Waals surface area (Å²) in [6.07, 6.45) is 5.90. The molecule has 3 heterocycles. The Morgan fingerprint density at radius 3 is 2.67 bits per heavy atom. The summed E-state index contributed by atoms with van der Waals surface area (Å²) in [6.45, 7) is 5.31. The van der Waals surface area contributed by atoms with Crippen molar-refractivity contribution in [2.45, 2.75) is 51.6 Å². The van der Waals surface area contributed by atoms with Crippen LogP contribution in [0.25, 0.3) is 21.9 Å². The number of nitrogen functional groups attached to an aromatic ring is 1. The SMILES string of the molecule is COCCc1nc2c(N)nc3ccccc3c2n1CCCCN(Cc1cccc(OCC(=O)O)c1)C(=O)NCCN1CCCCC1. The number of aromatic nitrogens is 3. The number of aryl methyl sites for hydroxylation is 1. The van der Waals surface area contributed by atoms with Crippen molar-refractivity contribution in [3.8, 4) is 5.75 Å². The summed E-state index contributed by atoms with van der Waals surface area (Å²) in [7, 11) is 1.68. The van der Waals surface area contributed by atoms with Crippen LogP contribution in [-0.4, -0.2) is 94.5 Å². The molecule has 12 heteroatoms. The third kappa shape index (κ3) is 8.64. The Bertz CT molecular complexity index is 1620. The van der Waals surface area contributed by atoms with E-state index in [4.69, 9.17) is 25.3 Å². The Hall–Kier alpha value is -4.42. The van der Waals surface area contributed by atoms with Crippen molar-refractivity contribution in [1.82, 2.24) is 29.7 Å². The molecule has 2 aromatic carbocycles. The molecule has 1 fully saturated rings. The maximum atomic E-state index is 13.5. The topological polar surface area (TPSA) is 148 Å². The number of amides is 2. The molecule has 0 spiro atoms. The number of fused-ring (bicyclic) bond motifs is 3. The third-order valence-electron chi connectivity index (χ3n) is 8.35. The van der Waals surface area contributed by atoms with E-state index in [1.165, 1.54) is 19.3 Å². The van der Waals surface area contributed by atoms with Gasteiger partial charge in [0.1, 0.15) is 17.1 Å². The number of nitrogens with zero attached hydrogens (tertiary/aromatic N) is 5. The lowest BCUT2D eigenvalue weighted by molar-refractivity contribution is -0.139. The number of imidazole rings is 1. The molecule has 4 aromatic rings. The highest BCUT2D eigenvalue weighted by Crippen LogP contribution is 2.29. The Balaban J connectivity index is 1.29. The highest BCUT2D eigenvalue weighted by atomic mass is 16.5. The number of methoxy groups -OCH3 is 1. The van der Waals surface area contributed by atoms with E-state index in [0.29, 0.717) is 56.3 Å². The van der Waals surface area contributed by atoms with Gasteiger partial charge in [0, 0.05) is 51.6 Å². The summed E-state index contributed by atoms with van der Waals surface area (Å²) in [4.78, 5) is 38.1. The second-order valence-electron chi connectivity index (χ2n) is 11.7. The molecule has 46 heavy (non-hydrogen) atoms. The van der Waals surface area contributed by atoms with Crippen molar-refractivity contribution in [2.75, 3.05) is 58.8 Å². The molecule has 2 amide bonds. The van der Waals surface area contributed by atoms with E-state index in [2.05, 4.69) is 19.8 Å². The van der Waals surface area contributed by atoms with Crippen molar-refractivity contribution in [2.24, 2.45) is 0 Å². The summed E-state index contributed by atoms with van der Waals surface area (Å²) < 4.78 is 13.0. The van der Waals surface area contributed by atoms with E-state index in [0.717, 1.165) is 60.3 Å². The van der Waals surface area contributed by atoms with Gasteiger partial charge in [-0.1, -0.05) is 36.8 Å². The minimum Gasteiger partial charge on any atom is -0.482 e. The van der Waals surface area contributed by atoms with Gasteiger partial charge in [0.05, 0.1) is 17.6 Å². The van der Waals surface area contributed by atoms with Crippen LogP contribution in [0.4, 0.5) is 10.6 Å². The van der Waals surface area contributed by atoms with Crippen molar-refractivity contribution in [1.29, 1.82) is 0 Å². The number of piperidine rings is 1. The van der Waals surface area contributed by atoms with Crippen molar-refractivity contribution in [3.63, 3.8) is 0 Å². The quantitative estimate of drug-likeness (QED) is 0.154. The predicted molar refractivity (Wildman–Crippen MR) is 178 cm³/mol. The molecule has 1 aliphatic rings. The largest absolute Gasteiger partial charge is 0.482 e. The van der Waals surface area contributed by atoms with Gasteiger partial charge in [0.2, 0.25) is 0 Å². The number of hydrogen-bond donors (Lipinski definition) is 3. The van der Waals surface area contributed by atoms with Gasteiger partial charge in [-0.3, -0.25) is 0 Å². The van der Waals surface area contributed by atoms with E-state index in [1.807, 2.05) is 41.3 Å². The molecule has 0 bridgehead atoms. The number of carbonyl (C=O) groups excluding carboxylic acids is 1. The number of nitrogens with two attached hydrogens (primary N) is 1. The smallest absolute Gasteiger partial charge is 0.341 e. The van der Waals surface area contributed by atoms with Gasteiger partial charge >= 0.3 is 12.0 Å². The highest BCUT2D eigenvalue weighted by molar-refractivity contribution is 6.06. The lowest BCUT2D eigenvalue weighted by Gasteiger charge is -2.28. The van der Waals surface area contributed by atoms with Crippen LogP contribution in [0.3, 0.4) is 0 Å². The first-order valence-electron chi connectivity index (χ1n) is 16.1. The van der Waals surface area contributed by atoms with Crippen LogP contribution in [0.1, 0.15) is 43.5 Å². The van der Waals surface area contributed by atoms with Gasteiger partial charge in [-0.05, 0) is 62.5 Å². The second-order valence-corrected chi connectivity index (χ2v) is 11.7. The number of unbranched alkanes of at least 4 members (excludes halogenated alkanes) is 1. The van der Waals surface area contributed by atoms with Gasteiger partial charge in [-0.25, -0.2) is 19.6 Å². The number of ether oxygens (including phenoxy) is 2. The van der Waals surface area contributed by atoms with Gasteiger partial charge < -0.3 is 40.0 Å². The average Bonchev–Trinajstić information content (AvgIpc) is 3.44. The minimum absolute atomic E-state index is 0.118. The van der Waals surface area contributed by atoms with Crippen LogP contribution in [0.15, 0.2) is 48.5 Å². The molecule has 12 nitrogen and oxygen atoms in total. The van der Waals surface area contributed by atoms with Crippen molar-refractivity contribution < 1.29 is 24.2 Å². The number of aliphatic carboxylic acids is 1. The maximum Gasteiger partial charge on any atom is 0.341 e. The number of carboxylic acids is 1. The zero-order chi connectivity index (χ0) is 32.3. The second kappa shape index (κ2) is 16.2. The van der Waals surface area contributed by atoms with E-state index in [-0.39, 0.29) is 6.03 Å². The summed E-state index contributed by atoms with van der Waals surface area (Å²) in [5.74, 6) is 0.727.